The SMILES string of the molecule is CCC(Sc1cccc(NC(=O)/C(=C/c2cccs2)NC(=O)c2ccccc2)c1)C(=O)Nc1ccc(Cl)cn1. The predicted molar refractivity (Wildman–Crippen MR) is 159 cm³/mol. The Balaban J connectivity index is 1.46. The molecule has 198 valence electrons. The molecule has 1 atom stereocenters. The molecule has 10 heteroatoms. The number of hydrogen-bond donors (Lipinski definition) is 3. The first-order valence-corrected chi connectivity index (χ1v) is 14.2. The van der Waals surface area contributed by atoms with Crippen molar-refractivity contribution in [3.8, 4) is 0 Å². The van der Waals surface area contributed by atoms with E-state index in [4.69, 9.17) is 11.6 Å². The van der Waals surface area contributed by atoms with E-state index in [1.165, 1.54) is 29.3 Å². The van der Waals surface area contributed by atoms with Gasteiger partial charge in [-0.2, -0.15) is 0 Å². The molecular weight excluding hydrogens is 552 g/mol. The van der Waals surface area contributed by atoms with Gasteiger partial charge in [0.15, 0.2) is 0 Å². The van der Waals surface area contributed by atoms with E-state index >= 15 is 0 Å². The average Bonchev–Trinajstić information content (AvgIpc) is 3.46. The van der Waals surface area contributed by atoms with Gasteiger partial charge in [0.25, 0.3) is 11.8 Å². The first kappa shape index (κ1) is 28.1. The third-order valence-electron chi connectivity index (χ3n) is 5.37. The zero-order chi connectivity index (χ0) is 27.6. The summed E-state index contributed by atoms with van der Waals surface area (Å²) in [5.41, 5.74) is 1.09. The Labute approximate surface area is 239 Å². The number of benzene rings is 2. The summed E-state index contributed by atoms with van der Waals surface area (Å²) in [7, 11) is 0. The van der Waals surface area contributed by atoms with E-state index in [0.29, 0.717) is 28.5 Å². The van der Waals surface area contributed by atoms with Gasteiger partial charge in [-0.15, -0.1) is 23.1 Å². The summed E-state index contributed by atoms with van der Waals surface area (Å²) in [4.78, 5) is 44.6. The monoisotopic (exact) mass is 576 g/mol. The van der Waals surface area contributed by atoms with Crippen LogP contribution in [0.5, 0.6) is 0 Å². The molecule has 0 aliphatic heterocycles. The molecule has 0 saturated carbocycles. The van der Waals surface area contributed by atoms with Crippen LogP contribution < -0.4 is 16.0 Å². The number of thiophene rings is 1. The third kappa shape index (κ3) is 8.28. The molecule has 7 nitrogen and oxygen atoms in total. The second kappa shape index (κ2) is 13.7. The average molecular weight is 577 g/mol. The first-order valence-electron chi connectivity index (χ1n) is 12.0. The van der Waals surface area contributed by atoms with Gasteiger partial charge in [0, 0.05) is 27.2 Å². The Bertz CT molecular complexity index is 1460. The summed E-state index contributed by atoms with van der Waals surface area (Å²) < 4.78 is 0. The molecular formula is C29H25ClN4O3S2. The van der Waals surface area contributed by atoms with Crippen LogP contribution in [0.1, 0.15) is 28.6 Å². The Morgan fingerprint density at radius 3 is 2.51 bits per heavy atom. The zero-order valence-corrected chi connectivity index (χ0v) is 23.3. The van der Waals surface area contributed by atoms with Crippen molar-refractivity contribution in [2.75, 3.05) is 10.6 Å². The number of nitrogens with one attached hydrogen (secondary N) is 3. The van der Waals surface area contributed by atoms with Crippen LogP contribution in [0, 0.1) is 0 Å². The fourth-order valence-electron chi connectivity index (χ4n) is 3.45. The van der Waals surface area contributed by atoms with Gasteiger partial charge >= 0.3 is 0 Å². The van der Waals surface area contributed by atoms with Crippen LogP contribution in [0.25, 0.3) is 6.08 Å². The maximum atomic E-state index is 13.3. The van der Waals surface area contributed by atoms with Crippen LogP contribution in [0.4, 0.5) is 11.5 Å². The van der Waals surface area contributed by atoms with Gasteiger partial charge in [-0.05, 0) is 66.4 Å². The molecule has 2 aromatic heterocycles. The largest absolute Gasteiger partial charge is 0.321 e. The highest BCUT2D eigenvalue weighted by Crippen LogP contribution is 2.29. The lowest BCUT2D eigenvalue weighted by Gasteiger charge is -2.15. The zero-order valence-electron chi connectivity index (χ0n) is 20.9. The van der Waals surface area contributed by atoms with Gasteiger partial charge in [0.1, 0.15) is 11.5 Å². The third-order valence-corrected chi connectivity index (χ3v) is 7.77. The maximum Gasteiger partial charge on any atom is 0.272 e. The van der Waals surface area contributed by atoms with Crippen molar-refractivity contribution < 1.29 is 14.4 Å². The second-order valence-electron chi connectivity index (χ2n) is 8.24. The summed E-state index contributed by atoms with van der Waals surface area (Å²) in [6, 6.07) is 23.0. The minimum absolute atomic E-state index is 0.116. The summed E-state index contributed by atoms with van der Waals surface area (Å²) in [5, 5.41) is 10.4. The highest BCUT2D eigenvalue weighted by molar-refractivity contribution is 8.00. The van der Waals surface area contributed by atoms with Crippen molar-refractivity contribution >= 4 is 70.0 Å². The molecule has 0 bridgehead atoms. The normalized spacial score (nSPS) is 11.9. The van der Waals surface area contributed by atoms with Gasteiger partial charge in [0.2, 0.25) is 5.91 Å². The number of pyridine rings is 1. The molecule has 39 heavy (non-hydrogen) atoms. The lowest BCUT2D eigenvalue weighted by Crippen LogP contribution is -2.30. The van der Waals surface area contributed by atoms with Crippen LogP contribution in [0.2, 0.25) is 5.02 Å². The molecule has 1 unspecified atom stereocenters. The number of carbonyl (C=O) groups excluding carboxylic acids is 3. The van der Waals surface area contributed by atoms with Gasteiger partial charge in [-0.3, -0.25) is 14.4 Å². The van der Waals surface area contributed by atoms with E-state index in [9.17, 15) is 14.4 Å². The number of amides is 3. The number of thioether (sulfide) groups is 1. The van der Waals surface area contributed by atoms with Crippen molar-refractivity contribution in [1.82, 2.24) is 10.3 Å². The fourth-order valence-corrected chi connectivity index (χ4v) is 5.23. The molecule has 3 N–H and O–H groups in total. The molecule has 0 aliphatic carbocycles. The molecule has 2 aromatic carbocycles. The van der Waals surface area contributed by atoms with Crippen molar-refractivity contribution in [3.05, 3.63) is 112 Å². The maximum absolute atomic E-state index is 13.3. The second-order valence-corrected chi connectivity index (χ2v) is 10.9. The molecule has 3 amide bonds. The molecule has 0 spiro atoms. The number of aromatic nitrogens is 1. The summed E-state index contributed by atoms with van der Waals surface area (Å²) in [5.74, 6) is -0.609. The van der Waals surface area contributed by atoms with E-state index < -0.39 is 5.91 Å². The Hall–Kier alpha value is -3.92. The number of nitrogens with zero attached hydrogens (tertiary/aromatic N) is 1. The molecule has 0 saturated heterocycles. The molecule has 0 radical (unpaired) electrons. The lowest BCUT2D eigenvalue weighted by atomic mass is 10.2. The number of anilines is 2. The minimum Gasteiger partial charge on any atom is -0.321 e. The van der Waals surface area contributed by atoms with Crippen LogP contribution in [-0.2, 0) is 9.59 Å². The highest BCUT2D eigenvalue weighted by atomic mass is 35.5. The Kier molecular flexibility index (Phi) is 9.91. The number of carbonyl (C=O) groups is 3. The lowest BCUT2D eigenvalue weighted by molar-refractivity contribution is -0.116. The fraction of sp³-hybridized carbons (Fsp3) is 0.103. The summed E-state index contributed by atoms with van der Waals surface area (Å²) in [6.45, 7) is 1.93. The van der Waals surface area contributed by atoms with E-state index in [1.807, 2.05) is 36.6 Å². The Morgan fingerprint density at radius 1 is 1.00 bits per heavy atom. The molecule has 4 aromatic rings. The topological polar surface area (TPSA) is 100 Å². The van der Waals surface area contributed by atoms with Gasteiger partial charge in [0.05, 0.1) is 10.3 Å². The smallest absolute Gasteiger partial charge is 0.272 e. The number of hydrogen-bond acceptors (Lipinski definition) is 6. The number of rotatable bonds is 10. The Morgan fingerprint density at radius 2 is 1.82 bits per heavy atom. The van der Waals surface area contributed by atoms with E-state index in [0.717, 1.165) is 9.77 Å². The van der Waals surface area contributed by atoms with Crippen LogP contribution in [-0.4, -0.2) is 28.0 Å². The van der Waals surface area contributed by atoms with Crippen molar-refractivity contribution in [2.45, 2.75) is 23.5 Å². The summed E-state index contributed by atoms with van der Waals surface area (Å²) in [6.07, 6.45) is 3.70. The molecule has 0 aliphatic rings. The first-order chi connectivity index (χ1) is 18.9. The predicted octanol–water partition coefficient (Wildman–Crippen LogP) is 6.72. The number of halogens is 1. The van der Waals surface area contributed by atoms with Crippen LogP contribution in [0.15, 0.2) is 101 Å². The quantitative estimate of drug-likeness (QED) is 0.144. The minimum atomic E-state index is -0.464. The molecule has 2 heterocycles. The van der Waals surface area contributed by atoms with Crippen molar-refractivity contribution in [3.63, 3.8) is 0 Å². The standard InChI is InChI=1S/C29H25ClN4O3S2/c1-2-25(29(37)34-26-14-13-20(30)18-31-26)39-23-11-6-10-21(16-23)32-28(36)24(17-22-12-7-15-38-22)33-27(35)19-8-4-3-5-9-19/h3-18,25H,2H2,1H3,(H,32,36)(H,33,35)(H,31,34,37)/b24-17-. The highest BCUT2D eigenvalue weighted by Gasteiger charge is 2.20. The molecule has 0 fully saturated rings. The van der Waals surface area contributed by atoms with Crippen molar-refractivity contribution in [1.29, 1.82) is 0 Å². The van der Waals surface area contributed by atoms with Gasteiger partial charge in [-0.25, -0.2) is 4.98 Å². The van der Waals surface area contributed by atoms with Gasteiger partial charge in [-0.1, -0.05) is 48.9 Å². The van der Waals surface area contributed by atoms with Gasteiger partial charge < -0.3 is 16.0 Å². The van der Waals surface area contributed by atoms with Crippen LogP contribution >= 0.6 is 34.7 Å². The van der Waals surface area contributed by atoms with E-state index in [-0.39, 0.29) is 22.8 Å². The molecule has 4 rings (SSSR count). The van der Waals surface area contributed by atoms with Crippen molar-refractivity contribution in [2.24, 2.45) is 0 Å². The summed E-state index contributed by atoms with van der Waals surface area (Å²) >= 11 is 8.71. The van der Waals surface area contributed by atoms with E-state index in [2.05, 4.69) is 20.9 Å². The van der Waals surface area contributed by atoms with Crippen LogP contribution in [0.3, 0.4) is 0 Å². The van der Waals surface area contributed by atoms with E-state index in [1.54, 1.807) is 60.7 Å².